The molecule has 0 saturated carbocycles. The number of nitrogens with zero attached hydrogens (tertiary/aromatic N) is 1. The number of nitro groups is 1. The van der Waals surface area contributed by atoms with Crippen molar-refractivity contribution in [1.82, 2.24) is 10.6 Å². The van der Waals surface area contributed by atoms with Crippen LogP contribution in [0.25, 0.3) is 0 Å². The molecule has 0 bridgehead atoms. The highest BCUT2D eigenvalue weighted by molar-refractivity contribution is 5.85. The Kier molecular flexibility index (Phi) is 5.78. The average Bonchev–Trinajstić information content (AvgIpc) is 2.79. The van der Waals surface area contributed by atoms with Crippen LogP contribution in [-0.2, 0) is 4.79 Å². The van der Waals surface area contributed by atoms with E-state index in [0.717, 1.165) is 0 Å². The summed E-state index contributed by atoms with van der Waals surface area (Å²) >= 11 is 0. The first kappa shape index (κ1) is 18.2. The van der Waals surface area contributed by atoms with Crippen LogP contribution in [0.3, 0.4) is 0 Å². The largest absolute Gasteiger partial charge is 0.348 e. The molecule has 122 valence electrons. The zero-order chi connectivity index (χ0) is 15.6. The average molecular weight is 336 g/mol. The molecule has 2 rings (SSSR count). The highest BCUT2D eigenvalue weighted by Crippen LogP contribution is 2.26. The summed E-state index contributed by atoms with van der Waals surface area (Å²) in [7, 11) is 0. The number of hydrogen-bond acceptors (Lipinski definition) is 4. The quantitative estimate of drug-likeness (QED) is 0.652. The Bertz CT molecular complexity index is 571. The minimum absolute atomic E-state index is 0. The summed E-state index contributed by atoms with van der Waals surface area (Å²) < 4.78 is 26.1. The maximum Gasteiger partial charge on any atom is 0.269 e. The van der Waals surface area contributed by atoms with Crippen LogP contribution >= 0.6 is 12.4 Å². The molecule has 1 aromatic rings. The number of hydrogen-bond donors (Lipinski definition) is 2. The van der Waals surface area contributed by atoms with Crippen molar-refractivity contribution >= 4 is 24.0 Å². The zero-order valence-electron chi connectivity index (χ0n) is 11.7. The van der Waals surface area contributed by atoms with E-state index in [1.54, 1.807) is 13.0 Å². The van der Waals surface area contributed by atoms with Gasteiger partial charge in [-0.25, -0.2) is 8.78 Å². The standard InChI is InChI=1S/C13H15F2N3O3.ClH/c1-8(9-3-2-4-10(5-9)18(20)21)17-12(19)11-6-13(14,15)7-16-11;/h2-5,8,11,16H,6-7H2,1H3,(H,17,19);1H. The fraction of sp³-hybridized carbons (Fsp3) is 0.462. The monoisotopic (exact) mass is 335 g/mol. The van der Waals surface area contributed by atoms with Crippen LogP contribution in [0.2, 0.25) is 0 Å². The molecule has 0 radical (unpaired) electrons. The Labute approximate surface area is 131 Å². The molecule has 1 amide bonds. The molecule has 1 aliphatic rings. The third kappa shape index (κ3) is 4.35. The minimum atomic E-state index is -2.88. The predicted octanol–water partition coefficient (Wildman–Crippen LogP) is 2.19. The molecule has 0 spiro atoms. The first-order chi connectivity index (χ1) is 9.78. The van der Waals surface area contributed by atoms with Gasteiger partial charge in [-0.1, -0.05) is 12.1 Å². The van der Waals surface area contributed by atoms with E-state index in [2.05, 4.69) is 10.6 Å². The van der Waals surface area contributed by atoms with Crippen LogP contribution in [0.5, 0.6) is 0 Å². The molecule has 1 saturated heterocycles. The van der Waals surface area contributed by atoms with Crippen molar-refractivity contribution in [1.29, 1.82) is 0 Å². The van der Waals surface area contributed by atoms with Crippen molar-refractivity contribution in [3.05, 3.63) is 39.9 Å². The van der Waals surface area contributed by atoms with E-state index in [1.807, 2.05) is 0 Å². The first-order valence-electron chi connectivity index (χ1n) is 6.44. The van der Waals surface area contributed by atoms with Gasteiger partial charge in [0.05, 0.1) is 23.6 Å². The van der Waals surface area contributed by atoms with Gasteiger partial charge in [-0.3, -0.25) is 20.2 Å². The van der Waals surface area contributed by atoms with Gasteiger partial charge < -0.3 is 5.32 Å². The summed E-state index contributed by atoms with van der Waals surface area (Å²) in [5, 5.41) is 15.8. The number of rotatable bonds is 4. The molecule has 9 heteroatoms. The zero-order valence-corrected chi connectivity index (χ0v) is 12.5. The van der Waals surface area contributed by atoms with Gasteiger partial charge in [-0.2, -0.15) is 0 Å². The lowest BCUT2D eigenvalue weighted by Crippen LogP contribution is -2.41. The fourth-order valence-corrected chi connectivity index (χ4v) is 2.21. The summed E-state index contributed by atoms with van der Waals surface area (Å²) in [5.41, 5.74) is 0.460. The second-order valence-corrected chi connectivity index (χ2v) is 5.08. The van der Waals surface area contributed by atoms with E-state index in [0.29, 0.717) is 5.56 Å². The number of nitro benzene ring substituents is 1. The second-order valence-electron chi connectivity index (χ2n) is 5.08. The summed E-state index contributed by atoms with van der Waals surface area (Å²) in [4.78, 5) is 22.1. The highest BCUT2D eigenvalue weighted by atomic mass is 35.5. The predicted molar refractivity (Wildman–Crippen MR) is 78.3 cm³/mol. The van der Waals surface area contributed by atoms with Crippen molar-refractivity contribution in [3.8, 4) is 0 Å². The molecule has 0 aromatic heterocycles. The maximum absolute atomic E-state index is 13.0. The second kappa shape index (κ2) is 6.97. The number of benzene rings is 1. The molecular formula is C13H16ClF2N3O3. The van der Waals surface area contributed by atoms with Crippen LogP contribution in [0.15, 0.2) is 24.3 Å². The molecule has 1 aromatic carbocycles. The summed E-state index contributed by atoms with van der Waals surface area (Å²) in [5.74, 6) is -3.41. The van der Waals surface area contributed by atoms with Crippen LogP contribution in [0, 0.1) is 10.1 Å². The van der Waals surface area contributed by atoms with Crippen LogP contribution in [-0.4, -0.2) is 29.3 Å². The van der Waals surface area contributed by atoms with Crippen LogP contribution in [0.4, 0.5) is 14.5 Å². The lowest BCUT2D eigenvalue weighted by Gasteiger charge is -2.17. The molecule has 6 nitrogen and oxygen atoms in total. The van der Waals surface area contributed by atoms with Gasteiger partial charge in [-0.15, -0.1) is 12.4 Å². The first-order valence-corrected chi connectivity index (χ1v) is 6.44. The smallest absolute Gasteiger partial charge is 0.269 e. The minimum Gasteiger partial charge on any atom is -0.348 e. The Hall–Kier alpha value is -1.80. The lowest BCUT2D eigenvalue weighted by molar-refractivity contribution is -0.384. The van der Waals surface area contributed by atoms with Gasteiger partial charge in [0.1, 0.15) is 0 Å². The van der Waals surface area contributed by atoms with Gasteiger partial charge in [0.15, 0.2) is 0 Å². The summed E-state index contributed by atoms with van der Waals surface area (Å²) in [6, 6.07) is 4.39. The van der Waals surface area contributed by atoms with Crippen molar-refractivity contribution in [2.75, 3.05) is 6.54 Å². The van der Waals surface area contributed by atoms with Gasteiger partial charge in [0.2, 0.25) is 5.91 Å². The van der Waals surface area contributed by atoms with E-state index in [9.17, 15) is 23.7 Å². The van der Waals surface area contributed by atoms with Gasteiger partial charge in [0.25, 0.3) is 11.6 Å². The molecule has 2 unspecified atom stereocenters. The molecular weight excluding hydrogens is 320 g/mol. The van der Waals surface area contributed by atoms with Gasteiger partial charge in [0, 0.05) is 18.6 Å². The number of alkyl halides is 2. The Morgan fingerprint density at radius 2 is 2.23 bits per heavy atom. The molecule has 2 N–H and O–H groups in total. The normalized spacial score (nSPS) is 20.8. The third-order valence-electron chi connectivity index (χ3n) is 3.37. The van der Waals surface area contributed by atoms with E-state index in [1.165, 1.54) is 18.2 Å². The van der Waals surface area contributed by atoms with E-state index in [4.69, 9.17) is 0 Å². The number of halogens is 3. The number of carbonyl (C=O) groups excluding carboxylic acids is 1. The van der Waals surface area contributed by atoms with Crippen LogP contribution in [0.1, 0.15) is 24.9 Å². The van der Waals surface area contributed by atoms with Crippen molar-refractivity contribution in [2.45, 2.75) is 31.4 Å². The molecule has 1 aliphatic heterocycles. The Morgan fingerprint density at radius 3 is 2.77 bits per heavy atom. The molecule has 1 fully saturated rings. The maximum atomic E-state index is 13.0. The van der Waals surface area contributed by atoms with Crippen molar-refractivity contribution in [2.24, 2.45) is 0 Å². The van der Waals surface area contributed by atoms with Gasteiger partial charge >= 0.3 is 0 Å². The van der Waals surface area contributed by atoms with Crippen LogP contribution < -0.4 is 10.6 Å². The van der Waals surface area contributed by atoms with E-state index >= 15 is 0 Å². The summed E-state index contributed by atoms with van der Waals surface area (Å²) in [6.07, 6.45) is -0.541. The van der Waals surface area contributed by atoms with Gasteiger partial charge in [-0.05, 0) is 12.5 Å². The molecule has 2 atom stereocenters. The number of non-ortho nitro benzene ring substituents is 1. The lowest BCUT2D eigenvalue weighted by atomic mass is 10.1. The summed E-state index contributed by atoms with van der Waals surface area (Å²) in [6.45, 7) is 1.13. The topological polar surface area (TPSA) is 84.3 Å². The fourth-order valence-electron chi connectivity index (χ4n) is 2.21. The highest BCUT2D eigenvalue weighted by Gasteiger charge is 2.42. The van der Waals surface area contributed by atoms with Crippen molar-refractivity contribution in [3.63, 3.8) is 0 Å². The van der Waals surface area contributed by atoms with E-state index < -0.39 is 41.8 Å². The third-order valence-corrected chi connectivity index (χ3v) is 3.37. The number of amides is 1. The Morgan fingerprint density at radius 1 is 1.55 bits per heavy atom. The van der Waals surface area contributed by atoms with E-state index in [-0.39, 0.29) is 18.1 Å². The number of nitrogens with one attached hydrogen (secondary N) is 2. The van der Waals surface area contributed by atoms with Crippen molar-refractivity contribution < 1.29 is 18.5 Å². The molecule has 0 aliphatic carbocycles. The Balaban J connectivity index is 0.00000242. The number of carbonyl (C=O) groups is 1. The molecule has 1 heterocycles. The SMILES string of the molecule is CC(NC(=O)C1CC(F)(F)CN1)c1cccc([N+](=O)[O-])c1.Cl. The molecule has 22 heavy (non-hydrogen) atoms.